The van der Waals surface area contributed by atoms with Crippen LogP contribution in [0.4, 0.5) is 0 Å². The minimum Gasteiger partial charge on any atom is -0.0656 e. The molecule has 0 spiro atoms. The first kappa shape index (κ1) is 18.0. The fourth-order valence-electron chi connectivity index (χ4n) is 3.21. The molecule has 0 nitrogen and oxygen atoms in total. The van der Waals surface area contributed by atoms with Crippen LogP contribution in [0.2, 0.25) is 0 Å². The van der Waals surface area contributed by atoms with Gasteiger partial charge in [0.15, 0.2) is 0 Å². The minimum absolute atomic E-state index is 1.14. The Bertz CT molecular complexity index is 120. The van der Waals surface area contributed by atoms with Gasteiger partial charge in [-0.15, -0.1) is 0 Å². The lowest BCUT2D eigenvalue weighted by Gasteiger charge is -2.32. The average Bonchev–Trinajstić information content (AvgIpc) is 2.43. The fraction of sp³-hybridized carbons (Fsp3) is 1.00. The third kappa shape index (κ3) is 9.00. The van der Waals surface area contributed by atoms with Crippen molar-refractivity contribution in [3.8, 4) is 0 Å². The molecule has 2 saturated carbocycles. The SMILES string of the molecule is C1CCC(C2CCCCC2)CC1.CCC.CCC. The molecule has 0 aliphatic heterocycles. The highest BCUT2D eigenvalue weighted by atomic mass is 14.3. The van der Waals surface area contributed by atoms with Crippen molar-refractivity contribution in [1.82, 2.24) is 0 Å². The average molecular weight is 255 g/mol. The first-order valence-electron chi connectivity index (χ1n) is 8.79. The lowest BCUT2D eigenvalue weighted by atomic mass is 9.73. The normalized spacial score (nSPS) is 21.3. The molecule has 0 N–H and O–H groups in total. The molecule has 0 bridgehead atoms. The van der Waals surface area contributed by atoms with Crippen molar-refractivity contribution in [2.24, 2.45) is 11.8 Å². The molecule has 2 fully saturated rings. The van der Waals surface area contributed by atoms with Crippen LogP contribution in [-0.4, -0.2) is 0 Å². The maximum atomic E-state index is 2.12. The molecule has 18 heavy (non-hydrogen) atoms. The number of hydrogen-bond acceptors (Lipinski definition) is 0. The van der Waals surface area contributed by atoms with Crippen LogP contribution in [-0.2, 0) is 0 Å². The van der Waals surface area contributed by atoms with Crippen molar-refractivity contribution >= 4 is 0 Å². The van der Waals surface area contributed by atoms with Gasteiger partial charge in [-0.05, 0) is 11.8 Å². The third-order valence-corrected chi connectivity index (χ3v) is 3.97. The largest absolute Gasteiger partial charge is 0.0656 e. The third-order valence-electron chi connectivity index (χ3n) is 3.97. The van der Waals surface area contributed by atoms with E-state index in [-0.39, 0.29) is 0 Å². The van der Waals surface area contributed by atoms with Gasteiger partial charge in [-0.25, -0.2) is 0 Å². The molecular formula is C18H38. The van der Waals surface area contributed by atoms with E-state index in [0.717, 1.165) is 11.8 Å². The molecule has 2 aliphatic carbocycles. The van der Waals surface area contributed by atoms with Gasteiger partial charge in [0.2, 0.25) is 0 Å². The van der Waals surface area contributed by atoms with E-state index in [2.05, 4.69) is 27.7 Å². The van der Waals surface area contributed by atoms with Gasteiger partial charge in [0.25, 0.3) is 0 Å². The van der Waals surface area contributed by atoms with Crippen LogP contribution in [0.5, 0.6) is 0 Å². The van der Waals surface area contributed by atoms with Gasteiger partial charge in [0, 0.05) is 0 Å². The van der Waals surface area contributed by atoms with Gasteiger partial charge in [-0.2, -0.15) is 0 Å². The molecule has 0 aromatic heterocycles. The first-order chi connectivity index (χ1) is 8.79. The van der Waals surface area contributed by atoms with E-state index in [4.69, 9.17) is 0 Å². The molecule has 2 aliphatic rings. The monoisotopic (exact) mass is 254 g/mol. The highest BCUT2D eigenvalue weighted by Gasteiger charge is 2.24. The molecule has 0 saturated heterocycles. The van der Waals surface area contributed by atoms with Crippen LogP contribution >= 0.6 is 0 Å². The zero-order chi connectivity index (χ0) is 13.6. The van der Waals surface area contributed by atoms with Crippen molar-refractivity contribution in [3.63, 3.8) is 0 Å². The summed E-state index contributed by atoms with van der Waals surface area (Å²) in [6.45, 7) is 8.50. The summed E-state index contributed by atoms with van der Waals surface area (Å²) in [5, 5.41) is 0. The Morgan fingerprint density at radius 1 is 0.500 bits per heavy atom. The fourth-order valence-corrected chi connectivity index (χ4v) is 3.21. The first-order valence-corrected chi connectivity index (χ1v) is 8.79. The zero-order valence-corrected chi connectivity index (χ0v) is 13.6. The Morgan fingerprint density at radius 2 is 0.722 bits per heavy atom. The molecular weight excluding hydrogens is 216 g/mol. The second-order valence-corrected chi connectivity index (χ2v) is 6.21. The Balaban J connectivity index is 0.000000414. The summed E-state index contributed by atoms with van der Waals surface area (Å²) in [5.74, 6) is 2.28. The van der Waals surface area contributed by atoms with Gasteiger partial charge in [-0.1, -0.05) is 105 Å². The lowest BCUT2D eigenvalue weighted by molar-refractivity contribution is 0.196. The Morgan fingerprint density at radius 3 is 0.944 bits per heavy atom. The van der Waals surface area contributed by atoms with Crippen LogP contribution in [0, 0.1) is 11.8 Å². The van der Waals surface area contributed by atoms with Crippen molar-refractivity contribution in [1.29, 1.82) is 0 Å². The van der Waals surface area contributed by atoms with Gasteiger partial charge in [-0.3, -0.25) is 0 Å². The summed E-state index contributed by atoms with van der Waals surface area (Å²) in [6, 6.07) is 0. The van der Waals surface area contributed by atoms with Crippen LogP contribution in [0.1, 0.15) is 105 Å². The predicted molar refractivity (Wildman–Crippen MR) is 85.1 cm³/mol. The van der Waals surface area contributed by atoms with Crippen molar-refractivity contribution in [2.45, 2.75) is 105 Å². The second kappa shape index (κ2) is 13.4. The summed E-state index contributed by atoms with van der Waals surface area (Å²) < 4.78 is 0. The minimum atomic E-state index is 1.14. The van der Waals surface area contributed by atoms with Gasteiger partial charge in [0.1, 0.15) is 0 Å². The van der Waals surface area contributed by atoms with E-state index >= 15 is 0 Å². The number of hydrogen-bond donors (Lipinski definition) is 0. The summed E-state index contributed by atoms with van der Waals surface area (Å²) in [7, 11) is 0. The van der Waals surface area contributed by atoms with Crippen LogP contribution in [0.3, 0.4) is 0 Å². The van der Waals surface area contributed by atoms with Gasteiger partial charge in [0.05, 0.1) is 0 Å². The summed E-state index contributed by atoms with van der Waals surface area (Å²) in [6.07, 6.45) is 17.9. The van der Waals surface area contributed by atoms with E-state index < -0.39 is 0 Å². The van der Waals surface area contributed by atoms with Crippen LogP contribution in [0.25, 0.3) is 0 Å². The molecule has 0 radical (unpaired) electrons. The molecule has 0 heteroatoms. The van der Waals surface area contributed by atoms with Gasteiger partial charge >= 0.3 is 0 Å². The molecule has 0 aromatic carbocycles. The quantitative estimate of drug-likeness (QED) is 0.473. The highest BCUT2D eigenvalue weighted by molar-refractivity contribution is 4.76. The van der Waals surface area contributed by atoms with E-state index in [1.165, 1.54) is 51.4 Å². The van der Waals surface area contributed by atoms with Gasteiger partial charge < -0.3 is 0 Å². The maximum absolute atomic E-state index is 2.12. The molecule has 110 valence electrons. The smallest absolute Gasteiger partial charge is 0.0386 e. The molecule has 0 aromatic rings. The molecule has 0 unspecified atom stereocenters. The summed E-state index contributed by atoms with van der Waals surface area (Å²) >= 11 is 0. The standard InChI is InChI=1S/C12H22.2C3H8/c1-3-7-11(8-4-1)12-9-5-2-6-10-12;2*1-3-2/h11-12H,1-10H2;2*3H2,1-2H3. The number of rotatable bonds is 1. The Hall–Kier alpha value is 0. The zero-order valence-electron chi connectivity index (χ0n) is 13.6. The summed E-state index contributed by atoms with van der Waals surface area (Å²) in [4.78, 5) is 0. The van der Waals surface area contributed by atoms with Crippen LogP contribution in [0.15, 0.2) is 0 Å². The van der Waals surface area contributed by atoms with Crippen molar-refractivity contribution in [2.75, 3.05) is 0 Å². The summed E-state index contributed by atoms with van der Waals surface area (Å²) in [5.41, 5.74) is 0. The second-order valence-electron chi connectivity index (χ2n) is 6.21. The molecule has 0 heterocycles. The van der Waals surface area contributed by atoms with E-state index in [1.54, 1.807) is 25.7 Å². The Kier molecular flexibility index (Phi) is 13.4. The van der Waals surface area contributed by atoms with Crippen LogP contribution < -0.4 is 0 Å². The topological polar surface area (TPSA) is 0 Å². The molecule has 2 rings (SSSR count). The van der Waals surface area contributed by atoms with E-state index in [0.29, 0.717) is 0 Å². The highest BCUT2D eigenvalue weighted by Crippen LogP contribution is 2.37. The van der Waals surface area contributed by atoms with Crippen molar-refractivity contribution < 1.29 is 0 Å². The lowest BCUT2D eigenvalue weighted by Crippen LogP contribution is -2.20. The molecule has 0 atom stereocenters. The van der Waals surface area contributed by atoms with Crippen molar-refractivity contribution in [3.05, 3.63) is 0 Å². The Labute approximate surface area is 117 Å². The van der Waals surface area contributed by atoms with E-state index in [1.807, 2.05) is 0 Å². The predicted octanol–water partition coefficient (Wildman–Crippen LogP) is 6.98. The van der Waals surface area contributed by atoms with E-state index in [9.17, 15) is 0 Å². The molecule has 0 amide bonds. The maximum Gasteiger partial charge on any atom is -0.0386 e.